The highest BCUT2D eigenvalue weighted by molar-refractivity contribution is 9.09. The molecular formula is C24H29BrO10. The van der Waals surface area contributed by atoms with E-state index in [0.29, 0.717) is 11.1 Å². The van der Waals surface area contributed by atoms with E-state index in [2.05, 4.69) is 15.9 Å². The van der Waals surface area contributed by atoms with E-state index in [0.717, 1.165) is 12.2 Å². The first kappa shape index (κ1) is 32.0. The Kier molecular flexibility index (Phi) is 11.5. The molecular weight excluding hydrogens is 528 g/mol. The van der Waals surface area contributed by atoms with Crippen molar-refractivity contribution in [2.45, 2.75) is 40.5 Å². The Morgan fingerprint density at radius 2 is 1.03 bits per heavy atom. The van der Waals surface area contributed by atoms with Crippen LogP contribution < -0.4 is 0 Å². The number of ketones is 4. The molecule has 0 saturated carbocycles. The van der Waals surface area contributed by atoms with Crippen molar-refractivity contribution < 1.29 is 49.6 Å². The number of rotatable bonds is 8. The number of hydrogen-bond acceptors (Lipinski definition) is 7. The molecule has 2 aliphatic carbocycles. The fourth-order valence-electron chi connectivity index (χ4n) is 3.92. The number of halogens is 1. The van der Waals surface area contributed by atoms with Gasteiger partial charge in [-0.2, -0.15) is 0 Å². The normalized spacial score (nSPS) is 16.2. The SMILES string of the molecule is CC(C)(CC(=O)O)C1=C(CBr)C(=O)C=CC1=O.CC(C)(CC(=O)O)C1=C(CO)C(=O)C=CC1=O.O. The second-order valence-electron chi connectivity index (χ2n) is 9.03. The highest BCUT2D eigenvalue weighted by Gasteiger charge is 2.36. The number of aliphatic carboxylic acids is 2. The van der Waals surface area contributed by atoms with Crippen LogP contribution in [0.2, 0.25) is 0 Å². The van der Waals surface area contributed by atoms with Crippen LogP contribution in [0.15, 0.2) is 46.6 Å². The maximum atomic E-state index is 11.8. The van der Waals surface area contributed by atoms with Crippen molar-refractivity contribution in [2.24, 2.45) is 10.8 Å². The standard InChI is InChI=1S/C12H13BrO4.C12H14O5.H2O/c2*1-12(2,5-10(16)17)11-7(6-13)8(14)3-4-9(11)15;/h3-4H,5-6H2,1-2H3,(H,16,17);3-4,13H,5-6H2,1-2H3,(H,16,17);1H2. The molecule has 5 N–H and O–H groups in total. The number of carboxylic acids is 2. The summed E-state index contributed by atoms with van der Waals surface area (Å²) in [5, 5.41) is 27.0. The van der Waals surface area contributed by atoms with Crippen molar-refractivity contribution in [3.05, 3.63) is 46.6 Å². The summed E-state index contributed by atoms with van der Waals surface area (Å²) < 4.78 is 0. The number of allylic oxidation sites excluding steroid dienone is 7. The lowest BCUT2D eigenvalue weighted by molar-refractivity contribution is -0.140. The Balaban J connectivity index is 0.000000642. The molecule has 0 aromatic heterocycles. The van der Waals surface area contributed by atoms with Gasteiger partial charge in [0.2, 0.25) is 0 Å². The zero-order chi connectivity index (χ0) is 26.4. The fourth-order valence-corrected chi connectivity index (χ4v) is 4.48. The van der Waals surface area contributed by atoms with Crippen LogP contribution in [-0.2, 0) is 28.8 Å². The highest BCUT2D eigenvalue weighted by atomic mass is 79.9. The van der Waals surface area contributed by atoms with Crippen molar-refractivity contribution in [2.75, 3.05) is 11.9 Å². The average Bonchev–Trinajstić information content (AvgIpc) is 2.69. The van der Waals surface area contributed by atoms with Crippen LogP contribution >= 0.6 is 15.9 Å². The summed E-state index contributed by atoms with van der Waals surface area (Å²) in [6.45, 7) is 5.88. The summed E-state index contributed by atoms with van der Waals surface area (Å²) in [5.74, 6) is -3.44. The fraction of sp³-hybridized carbons (Fsp3) is 0.417. The molecule has 0 bridgehead atoms. The Labute approximate surface area is 210 Å². The number of carbonyl (C=O) groups is 6. The Morgan fingerprint density at radius 1 is 0.714 bits per heavy atom. The minimum absolute atomic E-state index is 0. The predicted octanol–water partition coefficient (Wildman–Crippen LogP) is 1.55. The average molecular weight is 557 g/mol. The molecule has 0 aliphatic heterocycles. The number of aliphatic hydroxyl groups excluding tert-OH is 1. The molecule has 0 fully saturated rings. The van der Waals surface area contributed by atoms with Gasteiger partial charge in [-0.1, -0.05) is 43.6 Å². The number of hydrogen-bond donors (Lipinski definition) is 3. The minimum atomic E-state index is -1.06. The first-order chi connectivity index (χ1) is 15.6. The van der Waals surface area contributed by atoms with Gasteiger partial charge < -0.3 is 20.8 Å². The zero-order valence-electron chi connectivity index (χ0n) is 19.8. The first-order valence-electron chi connectivity index (χ1n) is 10.2. The molecule has 0 heterocycles. The molecule has 0 aromatic rings. The molecule has 10 nitrogen and oxygen atoms in total. The summed E-state index contributed by atoms with van der Waals surface area (Å²) in [5.41, 5.74) is -1.11. The van der Waals surface area contributed by atoms with E-state index in [-0.39, 0.29) is 46.4 Å². The third kappa shape index (κ3) is 8.01. The summed E-state index contributed by atoms with van der Waals surface area (Å²) in [6, 6.07) is 0. The monoisotopic (exact) mass is 556 g/mol. The third-order valence-electron chi connectivity index (χ3n) is 5.30. The van der Waals surface area contributed by atoms with E-state index in [1.165, 1.54) is 12.2 Å². The topological polar surface area (TPSA) is 195 Å². The van der Waals surface area contributed by atoms with Gasteiger partial charge in [0.05, 0.1) is 19.4 Å². The Hall–Kier alpha value is -3.02. The molecule has 0 radical (unpaired) electrons. The molecule has 0 aromatic carbocycles. The van der Waals surface area contributed by atoms with Crippen molar-refractivity contribution >= 4 is 51.0 Å². The molecule has 0 amide bonds. The lowest BCUT2D eigenvalue weighted by atomic mass is 9.74. The van der Waals surface area contributed by atoms with E-state index in [1.807, 2.05) is 0 Å². The number of carboxylic acid groups (broad SMARTS) is 2. The molecule has 0 saturated heterocycles. The van der Waals surface area contributed by atoms with Crippen molar-refractivity contribution in [3.63, 3.8) is 0 Å². The Bertz CT molecular complexity index is 970. The summed E-state index contributed by atoms with van der Waals surface area (Å²) in [6.07, 6.45) is 4.16. The number of aliphatic hydroxyl groups is 1. The van der Waals surface area contributed by atoms with Crippen molar-refractivity contribution in [1.82, 2.24) is 0 Å². The zero-order valence-corrected chi connectivity index (χ0v) is 21.4. The Morgan fingerprint density at radius 3 is 1.34 bits per heavy atom. The van der Waals surface area contributed by atoms with E-state index in [9.17, 15) is 28.8 Å². The van der Waals surface area contributed by atoms with Crippen molar-refractivity contribution in [1.29, 1.82) is 0 Å². The molecule has 0 atom stereocenters. The largest absolute Gasteiger partial charge is 0.481 e. The lowest BCUT2D eigenvalue weighted by Crippen LogP contribution is -2.30. The molecule has 2 rings (SSSR count). The van der Waals surface area contributed by atoms with Crippen LogP contribution in [0, 0.1) is 10.8 Å². The van der Waals surface area contributed by atoms with Crippen molar-refractivity contribution in [3.8, 4) is 0 Å². The number of alkyl halides is 1. The van der Waals surface area contributed by atoms with E-state index in [1.54, 1.807) is 27.7 Å². The van der Waals surface area contributed by atoms with Crippen LogP contribution in [0.4, 0.5) is 0 Å². The maximum Gasteiger partial charge on any atom is 0.304 e. The summed E-state index contributed by atoms with van der Waals surface area (Å²) in [4.78, 5) is 68.2. The summed E-state index contributed by atoms with van der Waals surface area (Å²) >= 11 is 3.17. The lowest BCUT2D eigenvalue weighted by Gasteiger charge is -2.28. The number of carbonyl (C=O) groups excluding carboxylic acids is 4. The molecule has 35 heavy (non-hydrogen) atoms. The van der Waals surface area contributed by atoms with Gasteiger partial charge in [-0.3, -0.25) is 28.8 Å². The molecule has 2 aliphatic rings. The van der Waals surface area contributed by atoms with E-state index in [4.69, 9.17) is 15.3 Å². The van der Waals surface area contributed by atoms with Gasteiger partial charge in [-0.25, -0.2) is 0 Å². The van der Waals surface area contributed by atoms with E-state index >= 15 is 0 Å². The van der Waals surface area contributed by atoms with Gasteiger partial charge >= 0.3 is 11.9 Å². The molecule has 0 spiro atoms. The van der Waals surface area contributed by atoms with Gasteiger partial charge in [0, 0.05) is 38.5 Å². The van der Waals surface area contributed by atoms with Crippen LogP contribution in [-0.4, -0.2) is 67.8 Å². The molecule has 0 unspecified atom stereocenters. The van der Waals surface area contributed by atoms with E-state index < -0.39 is 40.9 Å². The second kappa shape index (κ2) is 12.6. The highest BCUT2D eigenvalue weighted by Crippen LogP contribution is 2.36. The van der Waals surface area contributed by atoms with Gasteiger partial charge in [-0.05, 0) is 24.3 Å². The first-order valence-corrected chi connectivity index (χ1v) is 11.3. The maximum absolute atomic E-state index is 11.8. The van der Waals surface area contributed by atoms with Gasteiger partial charge in [0.15, 0.2) is 23.1 Å². The molecule has 192 valence electrons. The van der Waals surface area contributed by atoms with Crippen LogP contribution in [0.5, 0.6) is 0 Å². The van der Waals surface area contributed by atoms with Gasteiger partial charge in [0.25, 0.3) is 0 Å². The van der Waals surface area contributed by atoms with Gasteiger partial charge in [0.1, 0.15) is 0 Å². The predicted molar refractivity (Wildman–Crippen MR) is 129 cm³/mol. The van der Waals surface area contributed by atoms with Crippen LogP contribution in [0.25, 0.3) is 0 Å². The smallest absolute Gasteiger partial charge is 0.304 e. The second-order valence-corrected chi connectivity index (χ2v) is 9.59. The van der Waals surface area contributed by atoms with Crippen LogP contribution in [0.1, 0.15) is 40.5 Å². The third-order valence-corrected chi connectivity index (χ3v) is 5.86. The van der Waals surface area contributed by atoms with Gasteiger partial charge in [-0.15, -0.1) is 0 Å². The van der Waals surface area contributed by atoms with Crippen LogP contribution in [0.3, 0.4) is 0 Å². The quantitative estimate of drug-likeness (QED) is 0.293. The minimum Gasteiger partial charge on any atom is -0.481 e. The summed E-state index contributed by atoms with van der Waals surface area (Å²) in [7, 11) is 0. The molecule has 11 heteroatoms.